The largest absolute Gasteiger partial charge is 0.367 e. The molecule has 1 N–H and O–H groups in total. The first kappa shape index (κ1) is 14.5. The molecule has 2 heterocycles. The molecule has 23 heavy (non-hydrogen) atoms. The van der Waals surface area contributed by atoms with Gasteiger partial charge in [-0.3, -0.25) is 0 Å². The molecule has 1 fully saturated rings. The van der Waals surface area contributed by atoms with Crippen LogP contribution in [0.25, 0.3) is 0 Å². The predicted molar refractivity (Wildman–Crippen MR) is 94.3 cm³/mol. The van der Waals surface area contributed by atoms with E-state index in [1.165, 1.54) is 43.4 Å². The van der Waals surface area contributed by atoms with Crippen molar-refractivity contribution >= 4 is 17.3 Å². The van der Waals surface area contributed by atoms with E-state index in [2.05, 4.69) is 57.4 Å². The highest BCUT2D eigenvalue weighted by Crippen LogP contribution is 2.37. The third-order valence-electron chi connectivity index (χ3n) is 5.06. The zero-order valence-corrected chi connectivity index (χ0v) is 13.7. The molecule has 0 spiro atoms. The summed E-state index contributed by atoms with van der Waals surface area (Å²) in [5.41, 5.74) is 2.68. The van der Waals surface area contributed by atoms with Gasteiger partial charge in [0.15, 0.2) is 0 Å². The number of anilines is 3. The summed E-state index contributed by atoms with van der Waals surface area (Å²) in [6, 6.07) is 11.7. The molecule has 4 nitrogen and oxygen atoms in total. The number of nitrogens with one attached hydrogen (secondary N) is 1. The average molecular weight is 308 g/mol. The molecule has 4 heteroatoms. The lowest BCUT2D eigenvalue weighted by Crippen LogP contribution is -2.26. The molecule has 1 aliphatic carbocycles. The molecule has 2 aromatic rings. The van der Waals surface area contributed by atoms with Crippen molar-refractivity contribution in [2.75, 3.05) is 10.2 Å². The topological polar surface area (TPSA) is 41.0 Å². The Labute approximate surface area is 138 Å². The number of hydrogen-bond donors (Lipinski definition) is 1. The van der Waals surface area contributed by atoms with E-state index in [1.807, 2.05) is 0 Å². The number of rotatable bonds is 3. The number of benzene rings is 1. The Hall–Kier alpha value is -2.10. The van der Waals surface area contributed by atoms with Gasteiger partial charge in [0.05, 0.1) is 0 Å². The van der Waals surface area contributed by atoms with Crippen molar-refractivity contribution in [3.05, 3.63) is 42.2 Å². The van der Waals surface area contributed by atoms with Crippen LogP contribution < -0.4 is 10.2 Å². The van der Waals surface area contributed by atoms with E-state index in [0.717, 1.165) is 18.1 Å². The summed E-state index contributed by atoms with van der Waals surface area (Å²) in [4.78, 5) is 11.3. The first-order valence-corrected chi connectivity index (χ1v) is 8.77. The third-order valence-corrected chi connectivity index (χ3v) is 5.06. The fourth-order valence-corrected chi connectivity index (χ4v) is 3.93. The van der Waals surface area contributed by atoms with E-state index in [4.69, 9.17) is 0 Å². The highest BCUT2D eigenvalue weighted by atomic mass is 15.2. The highest BCUT2D eigenvalue weighted by molar-refractivity contribution is 5.70. The van der Waals surface area contributed by atoms with Crippen molar-refractivity contribution in [3.8, 4) is 0 Å². The summed E-state index contributed by atoms with van der Waals surface area (Å²) in [5, 5.41) is 3.61. The first-order chi connectivity index (χ1) is 11.3. The van der Waals surface area contributed by atoms with Gasteiger partial charge in [-0.1, -0.05) is 37.5 Å². The molecule has 0 amide bonds. The summed E-state index contributed by atoms with van der Waals surface area (Å²) in [7, 11) is 0. The molecule has 2 aliphatic rings. The van der Waals surface area contributed by atoms with Gasteiger partial charge in [0.2, 0.25) is 0 Å². The molecule has 0 bridgehead atoms. The minimum absolute atomic E-state index is 0.435. The normalized spacial score (nSPS) is 21.3. The molecule has 1 aromatic carbocycles. The fourth-order valence-electron chi connectivity index (χ4n) is 3.93. The van der Waals surface area contributed by atoms with Crippen molar-refractivity contribution in [1.29, 1.82) is 0 Å². The van der Waals surface area contributed by atoms with E-state index < -0.39 is 0 Å². The van der Waals surface area contributed by atoms with Gasteiger partial charge >= 0.3 is 0 Å². The number of fused-ring (bicyclic) bond motifs is 1. The maximum Gasteiger partial charge on any atom is 0.138 e. The fraction of sp³-hybridized carbons (Fsp3) is 0.474. The SMILES string of the molecule is CC1Cc2ccccc2N1c1cc(NC2CCCCC2)ncn1. The number of para-hydroxylation sites is 1. The molecule has 1 atom stereocenters. The van der Waals surface area contributed by atoms with Gasteiger partial charge in [-0.2, -0.15) is 0 Å². The molecule has 1 saturated carbocycles. The second kappa shape index (κ2) is 6.19. The Morgan fingerprint density at radius 2 is 1.91 bits per heavy atom. The van der Waals surface area contributed by atoms with Gasteiger partial charge in [-0.25, -0.2) is 9.97 Å². The summed E-state index contributed by atoms with van der Waals surface area (Å²) in [6.45, 7) is 2.26. The van der Waals surface area contributed by atoms with Crippen molar-refractivity contribution < 1.29 is 0 Å². The molecule has 0 saturated heterocycles. The number of nitrogens with zero attached hydrogens (tertiary/aromatic N) is 3. The van der Waals surface area contributed by atoms with Crippen molar-refractivity contribution in [3.63, 3.8) is 0 Å². The molecule has 1 aromatic heterocycles. The Kier molecular flexibility index (Phi) is 3.90. The standard InChI is InChI=1S/C19H24N4/c1-14-11-15-7-5-6-10-17(15)23(14)19-12-18(20-13-21-19)22-16-8-3-2-4-9-16/h5-7,10,12-14,16H,2-4,8-9,11H2,1H3,(H,20,21,22). The van der Waals surface area contributed by atoms with Crippen LogP contribution >= 0.6 is 0 Å². The van der Waals surface area contributed by atoms with Crippen molar-refractivity contribution in [2.45, 2.75) is 57.5 Å². The second-order valence-electron chi connectivity index (χ2n) is 6.79. The smallest absolute Gasteiger partial charge is 0.138 e. The Morgan fingerprint density at radius 3 is 2.78 bits per heavy atom. The zero-order valence-electron chi connectivity index (χ0n) is 13.7. The van der Waals surface area contributed by atoms with E-state index in [1.54, 1.807) is 6.33 Å². The van der Waals surface area contributed by atoms with Crippen LogP contribution in [0, 0.1) is 0 Å². The molecule has 0 radical (unpaired) electrons. The van der Waals surface area contributed by atoms with Crippen molar-refractivity contribution in [2.24, 2.45) is 0 Å². The van der Waals surface area contributed by atoms with Crippen LogP contribution in [0.4, 0.5) is 17.3 Å². The number of hydrogen-bond acceptors (Lipinski definition) is 4. The zero-order chi connectivity index (χ0) is 15.6. The molecule has 1 unspecified atom stereocenters. The van der Waals surface area contributed by atoms with Gasteiger partial charge in [-0.15, -0.1) is 0 Å². The maximum absolute atomic E-state index is 4.54. The maximum atomic E-state index is 4.54. The average Bonchev–Trinajstić information content (AvgIpc) is 2.92. The van der Waals surface area contributed by atoms with Gasteiger partial charge in [-0.05, 0) is 37.8 Å². The summed E-state index contributed by atoms with van der Waals surface area (Å²) < 4.78 is 0. The lowest BCUT2D eigenvalue weighted by molar-refractivity contribution is 0.462. The molecule has 120 valence electrons. The monoisotopic (exact) mass is 308 g/mol. The third kappa shape index (κ3) is 2.90. The van der Waals surface area contributed by atoms with Gasteiger partial charge < -0.3 is 10.2 Å². The Balaban J connectivity index is 1.58. The lowest BCUT2D eigenvalue weighted by Gasteiger charge is -2.26. The van der Waals surface area contributed by atoms with E-state index in [-0.39, 0.29) is 0 Å². The van der Waals surface area contributed by atoms with Gasteiger partial charge in [0, 0.05) is 23.8 Å². The Morgan fingerprint density at radius 1 is 1.09 bits per heavy atom. The first-order valence-electron chi connectivity index (χ1n) is 8.77. The van der Waals surface area contributed by atoms with Crippen LogP contribution in [0.5, 0.6) is 0 Å². The van der Waals surface area contributed by atoms with E-state index in [9.17, 15) is 0 Å². The molecular weight excluding hydrogens is 284 g/mol. The highest BCUT2D eigenvalue weighted by Gasteiger charge is 2.28. The molecule has 4 rings (SSSR count). The quantitative estimate of drug-likeness (QED) is 0.917. The minimum atomic E-state index is 0.435. The summed E-state index contributed by atoms with van der Waals surface area (Å²) in [6.07, 6.45) is 9.29. The summed E-state index contributed by atoms with van der Waals surface area (Å²) >= 11 is 0. The van der Waals surface area contributed by atoms with E-state index >= 15 is 0 Å². The van der Waals surface area contributed by atoms with Crippen LogP contribution in [0.3, 0.4) is 0 Å². The molecular formula is C19H24N4. The predicted octanol–water partition coefficient (Wildman–Crippen LogP) is 4.30. The van der Waals surface area contributed by atoms with E-state index in [0.29, 0.717) is 12.1 Å². The van der Waals surface area contributed by atoms with Gasteiger partial charge in [0.25, 0.3) is 0 Å². The lowest BCUT2D eigenvalue weighted by atomic mass is 9.95. The van der Waals surface area contributed by atoms with Crippen LogP contribution in [0.2, 0.25) is 0 Å². The summed E-state index contributed by atoms with van der Waals surface area (Å²) in [5.74, 6) is 1.95. The van der Waals surface area contributed by atoms with Gasteiger partial charge in [0.1, 0.15) is 18.0 Å². The van der Waals surface area contributed by atoms with Crippen LogP contribution in [0.1, 0.15) is 44.6 Å². The minimum Gasteiger partial charge on any atom is -0.367 e. The van der Waals surface area contributed by atoms with Crippen LogP contribution in [0.15, 0.2) is 36.7 Å². The van der Waals surface area contributed by atoms with Crippen molar-refractivity contribution in [1.82, 2.24) is 9.97 Å². The van der Waals surface area contributed by atoms with Crippen LogP contribution in [-0.2, 0) is 6.42 Å². The molecule has 1 aliphatic heterocycles. The second-order valence-corrected chi connectivity index (χ2v) is 6.79. The Bertz CT molecular complexity index is 679. The van der Waals surface area contributed by atoms with Crippen LogP contribution in [-0.4, -0.2) is 22.1 Å². The number of aromatic nitrogens is 2.